The smallest absolute Gasteiger partial charge is 0.232 e. The topological polar surface area (TPSA) is 46.2 Å². The van der Waals surface area contributed by atoms with E-state index in [2.05, 4.69) is 5.32 Å². The first-order valence-corrected chi connectivity index (χ1v) is 7.80. The number of rotatable bonds is 5. The van der Waals surface area contributed by atoms with Gasteiger partial charge in [-0.2, -0.15) is 0 Å². The number of carbonyl (C=O) groups excluding carboxylic acids is 2. The van der Waals surface area contributed by atoms with Crippen molar-refractivity contribution in [3.05, 3.63) is 71.8 Å². The molecular formula is C20H23NO2. The van der Waals surface area contributed by atoms with Crippen LogP contribution in [0.3, 0.4) is 0 Å². The molecule has 0 aliphatic carbocycles. The third kappa shape index (κ3) is 4.52. The van der Waals surface area contributed by atoms with E-state index >= 15 is 0 Å². The zero-order valence-corrected chi connectivity index (χ0v) is 13.9. The lowest BCUT2D eigenvalue weighted by molar-refractivity contribution is -0.129. The Morgan fingerprint density at radius 2 is 1.30 bits per heavy atom. The number of amides is 1. The van der Waals surface area contributed by atoms with Crippen molar-refractivity contribution < 1.29 is 9.59 Å². The molecule has 1 N–H and O–H groups in total. The highest BCUT2D eigenvalue weighted by Crippen LogP contribution is 2.24. The summed E-state index contributed by atoms with van der Waals surface area (Å²) < 4.78 is 0. The fourth-order valence-electron chi connectivity index (χ4n) is 2.32. The first kappa shape index (κ1) is 16.9. The van der Waals surface area contributed by atoms with E-state index in [0.717, 1.165) is 11.1 Å². The molecule has 0 unspecified atom stereocenters. The molecule has 0 atom stereocenters. The molecule has 0 saturated carbocycles. The van der Waals surface area contributed by atoms with Crippen LogP contribution in [0.1, 0.15) is 37.8 Å². The lowest BCUT2D eigenvalue weighted by Gasteiger charge is -2.20. The molecule has 0 heterocycles. The predicted molar refractivity (Wildman–Crippen MR) is 92.2 cm³/mol. The van der Waals surface area contributed by atoms with Crippen LogP contribution in [0.15, 0.2) is 60.7 Å². The predicted octanol–water partition coefficient (Wildman–Crippen LogP) is 3.55. The second-order valence-electron chi connectivity index (χ2n) is 6.65. The van der Waals surface area contributed by atoms with Crippen LogP contribution in [0.4, 0.5) is 0 Å². The summed E-state index contributed by atoms with van der Waals surface area (Å²) in [7, 11) is 0. The number of ketones is 1. The van der Waals surface area contributed by atoms with E-state index < -0.39 is 11.3 Å². The molecule has 1 amide bonds. The van der Waals surface area contributed by atoms with Gasteiger partial charge in [0.2, 0.25) is 5.91 Å². The summed E-state index contributed by atoms with van der Waals surface area (Å²) >= 11 is 0. The Labute approximate surface area is 137 Å². The Hall–Kier alpha value is -2.42. The van der Waals surface area contributed by atoms with Crippen LogP contribution in [-0.4, -0.2) is 18.2 Å². The lowest BCUT2D eigenvalue weighted by atomic mass is 9.89. The molecule has 0 aliphatic rings. The maximum absolute atomic E-state index is 12.7. The Bertz CT molecular complexity index is 618. The molecule has 0 fully saturated rings. The molecule has 2 aromatic carbocycles. The van der Waals surface area contributed by atoms with Gasteiger partial charge in [-0.1, -0.05) is 81.4 Å². The SMILES string of the molecule is CC(C)(C)C(=O)CNC(=O)C(c1ccccc1)c1ccccc1. The average molecular weight is 309 g/mol. The number of benzene rings is 2. The fourth-order valence-corrected chi connectivity index (χ4v) is 2.32. The Kier molecular flexibility index (Phi) is 5.32. The van der Waals surface area contributed by atoms with Crippen molar-refractivity contribution in [2.45, 2.75) is 26.7 Å². The normalized spacial score (nSPS) is 11.3. The van der Waals surface area contributed by atoms with Crippen LogP contribution < -0.4 is 5.32 Å². The Morgan fingerprint density at radius 3 is 1.70 bits per heavy atom. The highest BCUT2D eigenvalue weighted by atomic mass is 16.2. The molecule has 0 aromatic heterocycles. The standard InChI is InChI=1S/C20H23NO2/c1-20(2,3)17(22)14-21-19(23)18(15-10-6-4-7-11-15)16-12-8-5-9-13-16/h4-13,18H,14H2,1-3H3,(H,21,23). The molecule has 0 spiro atoms. The van der Waals surface area contributed by atoms with Gasteiger partial charge in [-0.25, -0.2) is 0 Å². The number of nitrogens with one attached hydrogen (secondary N) is 1. The van der Waals surface area contributed by atoms with Gasteiger partial charge in [-0.3, -0.25) is 9.59 Å². The minimum atomic E-state index is -0.456. The van der Waals surface area contributed by atoms with E-state index in [1.807, 2.05) is 81.4 Å². The van der Waals surface area contributed by atoms with E-state index in [1.54, 1.807) is 0 Å². The van der Waals surface area contributed by atoms with Gasteiger partial charge in [0, 0.05) is 5.41 Å². The van der Waals surface area contributed by atoms with E-state index in [9.17, 15) is 9.59 Å². The van der Waals surface area contributed by atoms with Crippen LogP contribution in [0.25, 0.3) is 0 Å². The average Bonchev–Trinajstić information content (AvgIpc) is 2.54. The van der Waals surface area contributed by atoms with Gasteiger partial charge in [0.15, 0.2) is 5.78 Å². The summed E-state index contributed by atoms with van der Waals surface area (Å²) in [6.07, 6.45) is 0. The van der Waals surface area contributed by atoms with Crippen molar-refractivity contribution in [1.82, 2.24) is 5.32 Å². The molecule has 3 nitrogen and oxygen atoms in total. The van der Waals surface area contributed by atoms with Gasteiger partial charge in [-0.15, -0.1) is 0 Å². The molecule has 2 aromatic rings. The zero-order valence-electron chi connectivity index (χ0n) is 13.9. The molecule has 0 bridgehead atoms. The maximum atomic E-state index is 12.7. The molecular weight excluding hydrogens is 286 g/mol. The second-order valence-corrected chi connectivity index (χ2v) is 6.65. The van der Waals surface area contributed by atoms with E-state index in [0.29, 0.717) is 0 Å². The summed E-state index contributed by atoms with van der Waals surface area (Å²) in [6, 6.07) is 19.2. The fraction of sp³-hybridized carbons (Fsp3) is 0.300. The molecule has 23 heavy (non-hydrogen) atoms. The van der Waals surface area contributed by atoms with Crippen LogP contribution in [-0.2, 0) is 9.59 Å². The number of carbonyl (C=O) groups is 2. The Morgan fingerprint density at radius 1 is 0.870 bits per heavy atom. The van der Waals surface area contributed by atoms with E-state index in [4.69, 9.17) is 0 Å². The number of hydrogen-bond acceptors (Lipinski definition) is 2. The highest BCUT2D eigenvalue weighted by molar-refractivity contribution is 5.92. The van der Waals surface area contributed by atoms with Crippen molar-refractivity contribution in [2.24, 2.45) is 5.41 Å². The van der Waals surface area contributed by atoms with Gasteiger partial charge in [0.05, 0.1) is 12.5 Å². The van der Waals surface area contributed by atoms with Crippen LogP contribution in [0.2, 0.25) is 0 Å². The van der Waals surface area contributed by atoms with Crippen LogP contribution in [0.5, 0.6) is 0 Å². The molecule has 0 radical (unpaired) electrons. The maximum Gasteiger partial charge on any atom is 0.232 e. The first-order chi connectivity index (χ1) is 10.9. The van der Waals surface area contributed by atoms with Crippen molar-refractivity contribution in [2.75, 3.05) is 6.54 Å². The second kappa shape index (κ2) is 7.23. The molecule has 3 heteroatoms. The molecule has 2 rings (SSSR count). The van der Waals surface area contributed by atoms with Crippen LogP contribution in [0, 0.1) is 5.41 Å². The van der Waals surface area contributed by atoms with Gasteiger partial charge in [-0.05, 0) is 11.1 Å². The lowest BCUT2D eigenvalue weighted by Crippen LogP contribution is -2.38. The van der Waals surface area contributed by atoms with Crippen molar-refractivity contribution in [3.8, 4) is 0 Å². The monoisotopic (exact) mass is 309 g/mol. The minimum Gasteiger partial charge on any atom is -0.348 e. The first-order valence-electron chi connectivity index (χ1n) is 7.80. The van der Waals surface area contributed by atoms with Gasteiger partial charge in [0.25, 0.3) is 0 Å². The molecule has 0 saturated heterocycles. The highest BCUT2D eigenvalue weighted by Gasteiger charge is 2.25. The van der Waals surface area contributed by atoms with Crippen LogP contribution >= 0.6 is 0 Å². The summed E-state index contributed by atoms with van der Waals surface area (Å²) in [5.74, 6) is -0.545. The molecule has 0 aliphatic heterocycles. The third-order valence-corrected chi connectivity index (χ3v) is 3.79. The summed E-state index contributed by atoms with van der Waals surface area (Å²) in [6.45, 7) is 5.62. The third-order valence-electron chi connectivity index (χ3n) is 3.79. The van der Waals surface area contributed by atoms with Gasteiger partial charge in [0.1, 0.15) is 0 Å². The zero-order chi connectivity index (χ0) is 16.9. The van der Waals surface area contributed by atoms with Crippen molar-refractivity contribution in [1.29, 1.82) is 0 Å². The van der Waals surface area contributed by atoms with E-state index in [-0.39, 0.29) is 18.2 Å². The number of hydrogen-bond donors (Lipinski definition) is 1. The molecule has 120 valence electrons. The summed E-state index contributed by atoms with van der Waals surface area (Å²) in [5, 5.41) is 2.80. The van der Waals surface area contributed by atoms with Gasteiger partial charge < -0.3 is 5.32 Å². The summed E-state index contributed by atoms with van der Waals surface area (Å²) in [5.41, 5.74) is 1.38. The van der Waals surface area contributed by atoms with Gasteiger partial charge >= 0.3 is 0 Å². The van der Waals surface area contributed by atoms with E-state index in [1.165, 1.54) is 0 Å². The summed E-state index contributed by atoms with van der Waals surface area (Å²) in [4.78, 5) is 24.8. The van der Waals surface area contributed by atoms with Crippen molar-refractivity contribution in [3.63, 3.8) is 0 Å². The van der Waals surface area contributed by atoms with Crippen molar-refractivity contribution >= 4 is 11.7 Å². The largest absolute Gasteiger partial charge is 0.348 e. The number of Topliss-reactive ketones (excluding diaryl/α,β-unsaturated/α-hetero) is 1. The Balaban J connectivity index is 2.21. The quantitative estimate of drug-likeness (QED) is 0.918. The minimum absolute atomic E-state index is 0.0192.